The number of ether oxygens (including phenoxy) is 1. The lowest BCUT2D eigenvalue weighted by atomic mass is 10.1. The molecule has 2 heterocycles. The van der Waals surface area contributed by atoms with E-state index in [1.807, 2.05) is 0 Å². The number of fused-ring (bicyclic) bond motifs is 1. The van der Waals surface area contributed by atoms with Crippen molar-refractivity contribution in [1.82, 2.24) is 0 Å². The van der Waals surface area contributed by atoms with Crippen LogP contribution >= 0.6 is 0 Å². The highest BCUT2D eigenvalue weighted by molar-refractivity contribution is 5.96. The minimum absolute atomic E-state index is 0.360. The molecular formula is C8H7NO3. The second kappa shape index (κ2) is 2.41. The van der Waals surface area contributed by atoms with Crippen LogP contribution in [-0.4, -0.2) is 5.91 Å². The Labute approximate surface area is 68.6 Å². The third-order valence-corrected chi connectivity index (χ3v) is 1.72. The van der Waals surface area contributed by atoms with Gasteiger partial charge in [0.15, 0.2) is 0 Å². The lowest BCUT2D eigenvalue weighted by Gasteiger charge is -2.04. The van der Waals surface area contributed by atoms with Gasteiger partial charge in [-0.25, -0.2) is 0 Å². The minimum Gasteiger partial charge on any atom is -0.493 e. The molecule has 0 aliphatic carbocycles. The molecule has 2 N–H and O–H groups in total. The lowest BCUT2D eigenvalue weighted by molar-refractivity contribution is 0.0999. The van der Waals surface area contributed by atoms with Gasteiger partial charge in [0.05, 0.1) is 11.8 Å². The molecule has 1 amide bonds. The first-order valence-electron chi connectivity index (χ1n) is 3.47. The highest BCUT2D eigenvalue weighted by Crippen LogP contribution is 2.22. The molecule has 0 fully saturated rings. The average molecular weight is 165 g/mol. The Morgan fingerprint density at radius 1 is 1.58 bits per heavy atom. The molecule has 2 rings (SSSR count). The van der Waals surface area contributed by atoms with Gasteiger partial charge >= 0.3 is 0 Å². The number of primary amides is 1. The maximum atomic E-state index is 10.8. The van der Waals surface area contributed by atoms with Crippen LogP contribution < -0.4 is 5.73 Å². The summed E-state index contributed by atoms with van der Waals surface area (Å²) in [5, 5.41) is 0. The first-order valence-corrected chi connectivity index (χ1v) is 3.47. The summed E-state index contributed by atoms with van der Waals surface area (Å²) in [6.45, 7) is 0.360. The number of carbonyl (C=O) groups excluding carboxylic acids is 1. The van der Waals surface area contributed by atoms with Crippen LogP contribution in [0, 0.1) is 0 Å². The first kappa shape index (κ1) is 6.97. The maximum Gasteiger partial charge on any atom is 0.252 e. The van der Waals surface area contributed by atoms with Crippen molar-refractivity contribution >= 4 is 12.0 Å². The lowest BCUT2D eigenvalue weighted by Crippen LogP contribution is -2.11. The van der Waals surface area contributed by atoms with Crippen LogP contribution in [0.25, 0.3) is 6.08 Å². The van der Waals surface area contributed by atoms with Crippen LogP contribution in [0.1, 0.15) is 21.7 Å². The number of carbonyl (C=O) groups is 1. The molecule has 1 aliphatic heterocycles. The molecule has 0 saturated heterocycles. The summed E-state index contributed by atoms with van der Waals surface area (Å²) in [6, 6.07) is 0. The fraction of sp³-hybridized carbons (Fsp3) is 0.125. The maximum absolute atomic E-state index is 10.8. The largest absolute Gasteiger partial charge is 0.493 e. The summed E-state index contributed by atoms with van der Waals surface area (Å²) >= 11 is 0. The van der Waals surface area contributed by atoms with E-state index in [-0.39, 0.29) is 0 Å². The van der Waals surface area contributed by atoms with Gasteiger partial charge in [0.25, 0.3) is 5.91 Å². The van der Waals surface area contributed by atoms with Crippen molar-refractivity contribution in [3.63, 3.8) is 0 Å². The highest BCUT2D eigenvalue weighted by Gasteiger charge is 2.17. The van der Waals surface area contributed by atoms with Crippen molar-refractivity contribution in [3.8, 4) is 0 Å². The second-order valence-electron chi connectivity index (χ2n) is 2.46. The van der Waals surface area contributed by atoms with E-state index in [2.05, 4.69) is 0 Å². The van der Waals surface area contributed by atoms with E-state index in [0.717, 1.165) is 5.56 Å². The molecule has 0 atom stereocenters. The molecule has 0 unspecified atom stereocenters. The zero-order valence-electron chi connectivity index (χ0n) is 6.24. The Morgan fingerprint density at radius 3 is 3.17 bits per heavy atom. The van der Waals surface area contributed by atoms with E-state index in [1.165, 1.54) is 12.5 Å². The van der Waals surface area contributed by atoms with Gasteiger partial charge in [-0.05, 0) is 6.08 Å². The van der Waals surface area contributed by atoms with Gasteiger partial charge < -0.3 is 14.9 Å². The van der Waals surface area contributed by atoms with Crippen LogP contribution in [-0.2, 0) is 11.3 Å². The van der Waals surface area contributed by atoms with Crippen molar-refractivity contribution in [3.05, 3.63) is 29.4 Å². The molecular weight excluding hydrogens is 158 g/mol. The molecule has 1 aromatic heterocycles. The van der Waals surface area contributed by atoms with Gasteiger partial charge in [0.1, 0.15) is 18.6 Å². The van der Waals surface area contributed by atoms with Gasteiger partial charge in [-0.15, -0.1) is 0 Å². The molecule has 0 aromatic carbocycles. The van der Waals surface area contributed by atoms with Crippen molar-refractivity contribution < 1.29 is 13.9 Å². The van der Waals surface area contributed by atoms with Crippen LogP contribution in [0.5, 0.6) is 0 Å². The Bertz CT molecular complexity index is 351. The van der Waals surface area contributed by atoms with Gasteiger partial charge in [-0.2, -0.15) is 0 Å². The fourth-order valence-electron chi connectivity index (χ4n) is 1.13. The predicted octanol–water partition coefficient (Wildman–Crippen LogP) is 0.879. The molecule has 62 valence electrons. The molecule has 1 aromatic rings. The monoisotopic (exact) mass is 165 g/mol. The number of hydrogen-bond donors (Lipinski definition) is 1. The minimum atomic E-state index is -0.480. The summed E-state index contributed by atoms with van der Waals surface area (Å²) in [6.07, 6.45) is 4.54. The Balaban J connectivity index is 2.54. The summed E-state index contributed by atoms with van der Waals surface area (Å²) in [5.74, 6) is 0.165. The summed E-state index contributed by atoms with van der Waals surface area (Å²) in [5.41, 5.74) is 6.25. The normalized spacial score (nSPS) is 13.7. The number of nitrogens with two attached hydrogens (primary N) is 1. The highest BCUT2D eigenvalue weighted by atomic mass is 16.5. The van der Waals surface area contributed by atoms with E-state index in [4.69, 9.17) is 14.9 Å². The van der Waals surface area contributed by atoms with Gasteiger partial charge in [-0.3, -0.25) is 4.79 Å². The standard InChI is InChI=1S/C8H7NO3/c9-8(10)6-3-12-7-4-11-2-1-5(6)7/h1-3H,4H2,(H2,9,10). The van der Waals surface area contributed by atoms with E-state index in [9.17, 15) is 4.79 Å². The number of furan rings is 1. The third kappa shape index (κ3) is 0.887. The first-order chi connectivity index (χ1) is 5.79. The molecule has 4 heteroatoms. The molecule has 0 bridgehead atoms. The smallest absolute Gasteiger partial charge is 0.252 e. The van der Waals surface area contributed by atoms with Crippen molar-refractivity contribution in [2.24, 2.45) is 5.73 Å². The van der Waals surface area contributed by atoms with Gasteiger partial charge in [-0.1, -0.05) is 0 Å². The molecule has 1 aliphatic rings. The van der Waals surface area contributed by atoms with E-state index >= 15 is 0 Å². The van der Waals surface area contributed by atoms with Crippen LogP contribution in [0.2, 0.25) is 0 Å². The van der Waals surface area contributed by atoms with Crippen molar-refractivity contribution in [2.45, 2.75) is 6.61 Å². The molecule has 12 heavy (non-hydrogen) atoms. The average Bonchev–Trinajstić information content (AvgIpc) is 2.47. The molecule has 0 radical (unpaired) electrons. The molecule has 0 spiro atoms. The van der Waals surface area contributed by atoms with Gasteiger partial charge in [0, 0.05) is 5.56 Å². The Morgan fingerprint density at radius 2 is 2.42 bits per heavy atom. The zero-order valence-corrected chi connectivity index (χ0v) is 6.24. The fourth-order valence-corrected chi connectivity index (χ4v) is 1.13. The van der Waals surface area contributed by atoms with Crippen molar-refractivity contribution in [2.75, 3.05) is 0 Å². The van der Waals surface area contributed by atoms with Crippen LogP contribution in [0.3, 0.4) is 0 Å². The summed E-state index contributed by atoms with van der Waals surface area (Å²) in [7, 11) is 0. The van der Waals surface area contributed by atoms with E-state index in [0.29, 0.717) is 17.9 Å². The van der Waals surface area contributed by atoms with Crippen LogP contribution in [0.15, 0.2) is 16.9 Å². The Kier molecular flexibility index (Phi) is 1.40. The number of amides is 1. The topological polar surface area (TPSA) is 65.5 Å². The SMILES string of the molecule is NC(=O)c1coc2c1C=COC2. The van der Waals surface area contributed by atoms with Crippen LogP contribution in [0.4, 0.5) is 0 Å². The zero-order chi connectivity index (χ0) is 8.55. The quantitative estimate of drug-likeness (QED) is 0.671. The molecule has 4 nitrogen and oxygen atoms in total. The van der Waals surface area contributed by atoms with Crippen molar-refractivity contribution in [1.29, 1.82) is 0 Å². The van der Waals surface area contributed by atoms with E-state index in [1.54, 1.807) is 6.08 Å². The predicted molar refractivity (Wildman–Crippen MR) is 41.0 cm³/mol. The summed E-state index contributed by atoms with van der Waals surface area (Å²) in [4.78, 5) is 10.8. The summed E-state index contributed by atoms with van der Waals surface area (Å²) < 4.78 is 10.0. The van der Waals surface area contributed by atoms with E-state index < -0.39 is 5.91 Å². The molecule has 0 saturated carbocycles. The van der Waals surface area contributed by atoms with Gasteiger partial charge in [0.2, 0.25) is 0 Å². The second-order valence-corrected chi connectivity index (χ2v) is 2.46. The third-order valence-electron chi connectivity index (χ3n) is 1.72. The number of rotatable bonds is 1. The number of hydrogen-bond acceptors (Lipinski definition) is 3. The Hall–Kier alpha value is -1.71.